The number of anilines is 2. The van der Waals surface area contributed by atoms with E-state index in [0.717, 1.165) is 0 Å². The maximum atomic E-state index is 2.22. The lowest BCUT2D eigenvalue weighted by molar-refractivity contribution is 1.18. The third-order valence-corrected chi connectivity index (χ3v) is 2.87. The fourth-order valence-corrected chi connectivity index (χ4v) is 1.87. The number of nitrogens with zero attached hydrogens (tertiary/aromatic N) is 1. The molecule has 0 aliphatic heterocycles. The van der Waals surface area contributed by atoms with Crippen molar-refractivity contribution in [1.29, 1.82) is 0 Å². The Morgan fingerprint density at radius 1 is 0.875 bits per heavy atom. The Labute approximate surface area is 97.3 Å². The van der Waals surface area contributed by atoms with Crippen LogP contribution in [0, 0.1) is 13.8 Å². The minimum atomic E-state index is 1.22. The molecule has 0 heterocycles. The molecule has 2 aromatic carbocycles. The van der Waals surface area contributed by atoms with Crippen LogP contribution >= 0.6 is 0 Å². The summed E-state index contributed by atoms with van der Waals surface area (Å²) in [5.41, 5.74) is 5.09. The Hall–Kier alpha value is -1.76. The van der Waals surface area contributed by atoms with Crippen LogP contribution in [0.1, 0.15) is 11.1 Å². The van der Waals surface area contributed by atoms with Gasteiger partial charge in [0.15, 0.2) is 0 Å². The van der Waals surface area contributed by atoms with Crippen molar-refractivity contribution in [3.63, 3.8) is 0 Å². The van der Waals surface area contributed by atoms with Crippen molar-refractivity contribution < 1.29 is 0 Å². The summed E-state index contributed by atoms with van der Waals surface area (Å²) in [6, 6.07) is 17.0. The SMILES string of the molecule is Cc1ccc(C)c(N(C)c2ccccc2)c1. The quantitative estimate of drug-likeness (QED) is 0.723. The zero-order valence-corrected chi connectivity index (χ0v) is 10.1. The highest BCUT2D eigenvalue weighted by atomic mass is 15.1. The van der Waals surface area contributed by atoms with E-state index in [9.17, 15) is 0 Å². The van der Waals surface area contributed by atoms with Crippen molar-refractivity contribution in [3.8, 4) is 0 Å². The Morgan fingerprint density at radius 3 is 2.25 bits per heavy atom. The summed E-state index contributed by atoms with van der Waals surface area (Å²) < 4.78 is 0. The minimum Gasteiger partial charge on any atom is -0.344 e. The Kier molecular flexibility index (Phi) is 2.95. The molecule has 0 saturated heterocycles. The van der Waals surface area contributed by atoms with Gasteiger partial charge in [0.05, 0.1) is 0 Å². The maximum Gasteiger partial charge on any atom is 0.0440 e. The van der Waals surface area contributed by atoms with E-state index in [2.05, 4.69) is 68.3 Å². The molecule has 2 aromatic rings. The molecule has 0 aliphatic carbocycles. The van der Waals surface area contributed by atoms with E-state index in [1.807, 2.05) is 6.07 Å². The first-order valence-corrected chi connectivity index (χ1v) is 5.54. The van der Waals surface area contributed by atoms with Gasteiger partial charge in [0.25, 0.3) is 0 Å². The molecule has 0 atom stereocenters. The van der Waals surface area contributed by atoms with E-state index in [-0.39, 0.29) is 0 Å². The highest BCUT2D eigenvalue weighted by Crippen LogP contribution is 2.27. The van der Waals surface area contributed by atoms with Gasteiger partial charge in [-0.1, -0.05) is 30.3 Å². The summed E-state index contributed by atoms with van der Waals surface area (Å²) in [6.45, 7) is 4.27. The predicted octanol–water partition coefficient (Wildman–Crippen LogP) is 4.07. The molecule has 0 aromatic heterocycles. The third kappa shape index (κ3) is 2.08. The van der Waals surface area contributed by atoms with Crippen molar-refractivity contribution in [2.75, 3.05) is 11.9 Å². The molecule has 16 heavy (non-hydrogen) atoms. The molecule has 0 N–H and O–H groups in total. The first-order chi connectivity index (χ1) is 7.68. The first-order valence-electron chi connectivity index (χ1n) is 5.54. The van der Waals surface area contributed by atoms with Gasteiger partial charge < -0.3 is 4.90 Å². The summed E-state index contributed by atoms with van der Waals surface area (Å²) in [6.07, 6.45) is 0. The number of rotatable bonds is 2. The van der Waals surface area contributed by atoms with Gasteiger partial charge in [-0.15, -0.1) is 0 Å². The molecule has 0 spiro atoms. The van der Waals surface area contributed by atoms with Crippen molar-refractivity contribution in [2.45, 2.75) is 13.8 Å². The van der Waals surface area contributed by atoms with E-state index < -0.39 is 0 Å². The normalized spacial score (nSPS) is 10.2. The highest BCUT2D eigenvalue weighted by molar-refractivity contribution is 5.66. The molecular weight excluding hydrogens is 194 g/mol. The van der Waals surface area contributed by atoms with E-state index in [1.165, 1.54) is 22.5 Å². The molecule has 1 heteroatoms. The van der Waals surface area contributed by atoms with Crippen LogP contribution in [0.2, 0.25) is 0 Å². The number of aryl methyl sites for hydroxylation is 2. The lowest BCUT2D eigenvalue weighted by atomic mass is 10.1. The van der Waals surface area contributed by atoms with Crippen LogP contribution < -0.4 is 4.90 Å². The highest BCUT2D eigenvalue weighted by Gasteiger charge is 2.06. The molecule has 0 bridgehead atoms. The van der Waals surface area contributed by atoms with Crippen molar-refractivity contribution in [1.82, 2.24) is 0 Å². The molecule has 1 nitrogen and oxygen atoms in total. The zero-order chi connectivity index (χ0) is 11.5. The number of hydrogen-bond acceptors (Lipinski definition) is 1. The van der Waals surface area contributed by atoms with E-state index >= 15 is 0 Å². The van der Waals surface area contributed by atoms with Crippen LogP contribution in [-0.2, 0) is 0 Å². The Balaban J connectivity index is 2.41. The van der Waals surface area contributed by atoms with Crippen LogP contribution in [0.25, 0.3) is 0 Å². The Morgan fingerprint density at radius 2 is 1.56 bits per heavy atom. The van der Waals surface area contributed by atoms with Gasteiger partial charge in [-0.25, -0.2) is 0 Å². The molecule has 0 unspecified atom stereocenters. The summed E-state index contributed by atoms with van der Waals surface area (Å²) >= 11 is 0. The zero-order valence-electron chi connectivity index (χ0n) is 10.1. The summed E-state index contributed by atoms with van der Waals surface area (Å²) in [5, 5.41) is 0. The minimum absolute atomic E-state index is 1.22. The topological polar surface area (TPSA) is 3.24 Å². The summed E-state index contributed by atoms with van der Waals surface area (Å²) in [5.74, 6) is 0. The standard InChI is InChI=1S/C15H17N/c1-12-9-10-13(2)15(11-12)16(3)14-7-5-4-6-8-14/h4-11H,1-3H3. The lowest BCUT2D eigenvalue weighted by Crippen LogP contribution is -2.10. The molecular formula is C15H17N. The summed E-state index contributed by atoms with van der Waals surface area (Å²) in [7, 11) is 2.11. The van der Waals surface area contributed by atoms with E-state index in [1.54, 1.807) is 0 Å². The molecule has 0 radical (unpaired) electrons. The Bertz CT molecular complexity index is 474. The second kappa shape index (κ2) is 4.40. The van der Waals surface area contributed by atoms with Crippen molar-refractivity contribution >= 4 is 11.4 Å². The van der Waals surface area contributed by atoms with E-state index in [4.69, 9.17) is 0 Å². The van der Waals surface area contributed by atoms with Crippen LogP contribution in [-0.4, -0.2) is 7.05 Å². The van der Waals surface area contributed by atoms with Gasteiger partial charge in [0.2, 0.25) is 0 Å². The maximum absolute atomic E-state index is 2.22. The fraction of sp³-hybridized carbons (Fsp3) is 0.200. The van der Waals surface area contributed by atoms with E-state index in [0.29, 0.717) is 0 Å². The largest absolute Gasteiger partial charge is 0.344 e. The average Bonchev–Trinajstić information content (AvgIpc) is 2.32. The molecule has 0 aliphatic rings. The van der Waals surface area contributed by atoms with Gasteiger partial charge in [-0.3, -0.25) is 0 Å². The molecule has 0 amide bonds. The molecule has 82 valence electrons. The molecule has 2 rings (SSSR count). The van der Waals surface area contributed by atoms with Gasteiger partial charge in [-0.05, 0) is 43.2 Å². The van der Waals surface area contributed by atoms with Gasteiger partial charge >= 0.3 is 0 Å². The smallest absolute Gasteiger partial charge is 0.0440 e. The van der Waals surface area contributed by atoms with Crippen molar-refractivity contribution in [2.24, 2.45) is 0 Å². The number of hydrogen-bond donors (Lipinski definition) is 0. The second-order valence-electron chi connectivity index (χ2n) is 4.18. The van der Waals surface area contributed by atoms with Crippen molar-refractivity contribution in [3.05, 3.63) is 59.7 Å². The third-order valence-electron chi connectivity index (χ3n) is 2.87. The lowest BCUT2D eigenvalue weighted by Gasteiger charge is -2.22. The van der Waals surface area contributed by atoms with Crippen LogP contribution in [0.5, 0.6) is 0 Å². The van der Waals surface area contributed by atoms with Crippen LogP contribution in [0.3, 0.4) is 0 Å². The average molecular weight is 211 g/mol. The van der Waals surface area contributed by atoms with Gasteiger partial charge in [-0.2, -0.15) is 0 Å². The van der Waals surface area contributed by atoms with Gasteiger partial charge in [0.1, 0.15) is 0 Å². The monoisotopic (exact) mass is 211 g/mol. The molecule has 0 fully saturated rings. The number of para-hydroxylation sites is 1. The van der Waals surface area contributed by atoms with Gasteiger partial charge in [0, 0.05) is 18.4 Å². The first kappa shape index (κ1) is 10.7. The number of benzene rings is 2. The predicted molar refractivity (Wildman–Crippen MR) is 70.4 cm³/mol. The molecule has 0 saturated carbocycles. The van der Waals surface area contributed by atoms with Crippen LogP contribution in [0.15, 0.2) is 48.5 Å². The van der Waals surface area contributed by atoms with Crippen LogP contribution in [0.4, 0.5) is 11.4 Å². The summed E-state index contributed by atoms with van der Waals surface area (Å²) in [4.78, 5) is 2.22. The fourth-order valence-electron chi connectivity index (χ4n) is 1.87. The second-order valence-corrected chi connectivity index (χ2v) is 4.18.